The summed E-state index contributed by atoms with van der Waals surface area (Å²) in [5.41, 5.74) is 2.37. The van der Waals surface area contributed by atoms with Crippen LogP contribution in [0.3, 0.4) is 0 Å². The van der Waals surface area contributed by atoms with E-state index in [2.05, 4.69) is 10.3 Å². The van der Waals surface area contributed by atoms with Crippen LogP contribution in [0.4, 0.5) is 10.5 Å². The van der Waals surface area contributed by atoms with Crippen LogP contribution in [0.25, 0.3) is 11.0 Å². The number of hydrogen-bond donors (Lipinski definition) is 1. The average Bonchev–Trinajstić information content (AvgIpc) is 2.91. The van der Waals surface area contributed by atoms with Crippen molar-refractivity contribution < 1.29 is 9.21 Å². The van der Waals surface area contributed by atoms with Crippen LogP contribution < -0.4 is 10.9 Å². The molecule has 1 atom stereocenters. The largest absolute Gasteiger partial charge is 0.423 e. The first-order chi connectivity index (χ1) is 12.3. The molecule has 0 aliphatic carbocycles. The van der Waals surface area contributed by atoms with Crippen molar-refractivity contribution in [2.24, 2.45) is 0 Å². The van der Waals surface area contributed by atoms with Crippen molar-refractivity contribution in [2.75, 3.05) is 12.4 Å². The third-order valence-corrected chi connectivity index (χ3v) is 5.34. The highest BCUT2D eigenvalue weighted by Crippen LogP contribution is 2.27. The molecule has 2 heterocycles. The van der Waals surface area contributed by atoms with Crippen molar-refractivity contribution in [3.8, 4) is 0 Å². The fourth-order valence-corrected chi connectivity index (χ4v) is 3.81. The van der Waals surface area contributed by atoms with E-state index in [1.807, 2.05) is 33.8 Å². The monoisotopic (exact) mass is 371 g/mol. The Bertz CT molecular complexity index is 1040. The van der Waals surface area contributed by atoms with Gasteiger partial charge >= 0.3 is 11.7 Å². The molecule has 0 fully saturated rings. The summed E-state index contributed by atoms with van der Waals surface area (Å²) in [6, 6.07) is 6.34. The zero-order chi connectivity index (χ0) is 19.0. The Morgan fingerprint density at radius 1 is 1.27 bits per heavy atom. The number of thiazole rings is 1. The van der Waals surface area contributed by atoms with Gasteiger partial charge in [-0.2, -0.15) is 0 Å². The summed E-state index contributed by atoms with van der Waals surface area (Å²) in [6.07, 6.45) is 0. The second kappa shape index (κ2) is 6.92. The molecular weight excluding hydrogens is 350 g/mol. The molecule has 0 aliphatic rings. The lowest BCUT2D eigenvalue weighted by atomic mass is 10.1. The lowest BCUT2D eigenvalue weighted by Crippen LogP contribution is -2.34. The van der Waals surface area contributed by atoms with E-state index in [-0.39, 0.29) is 12.1 Å². The van der Waals surface area contributed by atoms with Gasteiger partial charge in [-0.25, -0.2) is 14.6 Å². The quantitative estimate of drug-likeness (QED) is 0.693. The van der Waals surface area contributed by atoms with Gasteiger partial charge in [0.25, 0.3) is 0 Å². The van der Waals surface area contributed by atoms with Gasteiger partial charge in [-0.15, -0.1) is 11.3 Å². The maximum Gasteiger partial charge on any atom is 0.336 e. The van der Waals surface area contributed by atoms with Gasteiger partial charge in [0.2, 0.25) is 0 Å². The van der Waals surface area contributed by atoms with E-state index in [0.717, 1.165) is 26.5 Å². The number of benzene rings is 1. The summed E-state index contributed by atoms with van der Waals surface area (Å²) >= 11 is 1.62. The molecule has 3 aromatic rings. The van der Waals surface area contributed by atoms with Gasteiger partial charge in [0.05, 0.1) is 16.7 Å². The van der Waals surface area contributed by atoms with E-state index in [1.54, 1.807) is 35.4 Å². The number of fused-ring (bicyclic) bond motifs is 1. The Labute approximate surface area is 155 Å². The van der Waals surface area contributed by atoms with Crippen LogP contribution in [-0.2, 0) is 0 Å². The minimum atomic E-state index is -0.404. The number of hydrogen-bond acceptors (Lipinski definition) is 5. The van der Waals surface area contributed by atoms with Crippen molar-refractivity contribution >= 4 is 34.0 Å². The zero-order valence-corrected chi connectivity index (χ0v) is 16.2. The molecule has 26 heavy (non-hydrogen) atoms. The average molecular weight is 371 g/mol. The maximum atomic E-state index is 12.6. The van der Waals surface area contributed by atoms with Crippen molar-refractivity contribution in [3.05, 3.63) is 55.8 Å². The molecule has 6 nitrogen and oxygen atoms in total. The molecule has 0 saturated carbocycles. The highest BCUT2D eigenvalue weighted by Gasteiger charge is 2.22. The number of aromatic nitrogens is 1. The Morgan fingerprint density at radius 2 is 2.00 bits per heavy atom. The van der Waals surface area contributed by atoms with Gasteiger partial charge in [-0.1, -0.05) is 0 Å². The molecule has 1 N–H and O–H groups in total. The minimum absolute atomic E-state index is 0.152. The number of carbonyl (C=O) groups is 1. The van der Waals surface area contributed by atoms with Crippen LogP contribution in [0.2, 0.25) is 0 Å². The van der Waals surface area contributed by atoms with Gasteiger partial charge in [-0.3, -0.25) is 0 Å². The van der Waals surface area contributed by atoms with E-state index in [0.29, 0.717) is 11.3 Å². The molecule has 0 saturated heterocycles. The number of rotatable bonds is 3. The predicted octanol–water partition coefficient (Wildman–Crippen LogP) is 4.40. The number of amides is 2. The maximum absolute atomic E-state index is 12.6. The van der Waals surface area contributed by atoms with Crippen molar-refractivity contribution in [1.82, 2.24) is 9.88 Å². The Balaban J connectivity index is 1.81. The molecule has 3 rings (SSSR count). The zero-order valence-electron chi connectivity index (χ0n) is 15.4. The van der Waals surface area contributed by atoms with E-state index < -0.39 is 5.63 Å². The molecule has 2 aromatic heterocycles. The number of urea groups is 1. The molecule has 1 aromatic carbocycles. The van der Waals surface area contributed by atoms with Crippen LogP contribution >= 0.6 is 11.3 Å². The highest BCUT2D eigenvalue weighted by atomic mass is 32.1. The van der Waals surface area contributed by atoms with E-state index in [1.165, 1.54) is 6.07 Å². The van der Waals surface area contributed by atoms with Crippen molar-refractivity contribution in [3.63, 3.8) is 0 Å². The molecule has 7 heteroatoms. The number of aryl methyl sites for hydroxylation is 3. The number of nitrogens with one attached hydrogen (secondary N) is 1. The smallest absolute Gasteiger partial charge is 0.336 e. The van der Waals surface area contributed by atoms with Gasteiger partial charge in [0.15, 0.2) is 0 Å². The topological polar surface area (TPSA) is 75.4 Å². The fraction of sp³-hybridized carbons (Fsp3) is 0.316. The lowest BCUT2D eigenvalue weighted by Gasteiger charge is -2.24. The first-order valence-electron chi connectivity index (χ1n) is 8.28. The summed E-state index contributed by atoms with van der Waals surface area (Å²) in [7, 11) is 1.74. The molecule has 1 unspecified atom stereocenters. The Kier molecular flexibility index (Phi) is 4.82. The van der Waals surface area contributed by atoms with Crippen molar-refractivity contribution in [1.29, 1.82) is 0 Å². The minimum Gasteiger partial charge on any atom is -0.423 e. The molecule has 2 amide bonds. The SMILES string of the molecule is Cc1nc(C(C)N(C)C(=O)Nc2ccc3c(C)cc(=O)oc3c2)c(C)s1. The molecule has 136 valence electrons. The molecule has 0 bridgehead atoms. The number of carbonyl (C=O) groups excluding carboxylic acids is 1. The van der Waals surface area contributed by atoms with Gasteiger partial charge in [-0.05, 0) is 45.4 Å². The van der Waals surface area contributed by atoms with Crippen LogP contribution in [0, 0.1) is 20.8 Å². The van der Waals surface area contributed by atoms with Crippen molar-refractivity contribution in [2.45, 2.75) is 33.7 Å². The second-order valence-electron chi connectivity index (χ2n) is 6.35. The first-order valence-corrected chi connectivity index (χ1v) is 9.10. The Hall–Kier alpha value is -2.67. The molecule has 0 aliphatic heterocycles. The molecule has 0 spiro atoms. The first kappa shape index (κ1) is 18.1. The summed E-state index contributed by atoms with van der Waals surface area (Å²) < 4.78 is 5.23. The van der Waals surface area contributed by atoms with Crippen LogP contribution in [0.5, 0.6) is 0 Å². The third-order valence-electron chi connectivity index (χ3n) is 4.44. The van der Waals surface area contributed by atoms with Gasteiger partial charge in [0, 0.05) is 35.1 Å². The Morgan fingerprint density at radius 3 is 2.65 bits per heavy atom. The molecule has 0 radical (unpaired) electrons. The normalized spacial score (nSPS) is 12.2. The fourth-order valence-electron chi connectivity index (χ4n) is 2.91. The summed E-state index contributed by atoms with van der Waals surface area (Å²) in [6.45, 7) is 7.77. The van der Waals surface area contributed by atoms with Gasteiger partial charge < -0.3 is 14.6 Å². The standard InChI is InChI=1S/C19H21N3O3S/c1-10-8-17(23)25-16-9-14(6-7-15(10)16)21-19(24)22(5)11(2)18-12(3)26-13(4)20-18/h6-9,11H,1-5H3,(H,21,24). The van der Waals surface area contributed by atoms with Gasteiger partial charge in [0.1, 0.15) is 5.58 Å². The second-order valence-corrected chi connectivity index (χ2v) is 7.76. The van der Waals surface area contributed by atoms with E-state index in [4.69, 9.17) is 4.42 Å². The summed E-state index contributed by atoms with van der Waals surface area (Å²) in [5, 5.41) is 4.68. The molecular formula is C19H21N3O3S. The number of anilines is 1. The third kappa shape index (κ3) is 3.48. The highest BCUT2D eigenvalue weighted by molar-refractivity contribution is 7.11. The van der Waals surface area contributed by atoms with Crippen LogP contribution in [-0.4, -0.2) is 23.0 Å². The predicted molar refractivity (Wildman–Crippen MR) is 104 cm³/mol. The van der Waals surface area contributed by atoms with Crippen LogP contribution in [0.15, 0.2) is 33.5 Å². The summed E-state index contributed by atoms with van der Waals surface area (Å²) in [5.74, 6) is 0. The lowest BCUT2D eigenvalue weighted by molar-refractivity contribution is 0.207. The van der Waals surface area contributed by atoms with E-state index in [9.17, 15) is 9.59 Å². The summed E-state index contributed by atoms with van der Waals surface area (Å²) in [4.78, 5) is 31.4. The van der Waals surface area contributed by atoms with E-state index >= 15 is 0 Å². The van der Waals surface area contributed by atoms with Crippen LogP contribution in [0.1, 0.15) is 34.1 Å². The number of nitrogens with zero attached hydrogens (tertiary/aromatic N) is 2.